The fraction of sp³-hybridized carbons (Fsp3) is 0.409. The van der Waals surface area contributed by atoms with Crippen molar-refractivity contribution in [2.45, 2.75) is 50.7 Å². The van der Waals surface area contributed by atoms with E-state index >= 15 is 0 Å². The second-order valence-electron chi connectivity index (χ2n) is 7.80. The maximum absolute atomic E-state index is 13.1. The number of anilines is 1. The van der Waals surface area contributed by atoms with E-state index in [2.05, 4.69) is 19.2 Å². The number of carbonyl (C=O) groups excluding carboxylic acids is 1. The van der Waals surface area contributed by atoms with Gasteiger partial charge in [0, 0.05) is 24.3 Å². The molecule has 1 aliphatic rings. The number of ether oxygens (including phenoxy) is 1. The first-order chi connectivity index (χ1) is 13.7. The number of amides is 1. The van der Waals surface area contributed by atoms with E-state index in [0.29, 0.717) is 18.7 Å². The number of para-hydroxylation sites is 1. The summed E-state index contributed by atoms with van der Waals surface area (Å²) in [7, 11) is -3.71. The lowest BCUT2D eigenvalue weighted by Gasteiger charge is -2.34. The van der Waals surface area contributed by atoms with E-state index in [1.54, 1.807) is 12.1 Å². The highest BCUT2D eigenvalue weighted by Gasteiger charge is 2.32. The topological polar surface area (TPSA) is 75.7 Å². The smallest absolute Gasteiger partial charge is 0.255 e. The minimum absolute atomic E-state index is 0.114. The lowest BCUT2D eigenvalue weighted by Crippen LogP contribution is -2.48. The lowest BCUT2D eigenvalue weighted by molar-refractivity contribution is -0.0440. The molecule has 0 spiro atoms. The van der Waals surface area contributed by atoms with Crippen LogP contribution in [-0.4, -0.2) is 43.9 Å². The van der Waals surface area contributed by atoms with Crippen molar-refractivity contribution in [2.24, 2.45) is 0 Å². The van der Waals surface area contributed by atoms with Crippen LogP contribution < -0.4 is 5.32 Å². The molecule has 156 valence electrons. The maximum atomic E-state index is 13.1. The molecule has 0 bridgehead atoms. The molecule has 1 amide bonds. The first-order valence-corrected chi connectivity index (χ1v) is 11.3. The maximum Gasteiger partial charge on any atom is 0.255 e. The fourth-order valence-corrected chi connectivity index (χ4v) is 5.22. The van der Waals surface area contributed by atoms with Crippen molar-refractivity contribution in [2.75, 3.05) is 18.4 Å². The Morgan fingerprint density at radius 1 is 1.07 bits per heavy atom. The van der Waals surface area contributed by atoms with Crippen molar-refractivity contribution in [3.05, 3.63) is 59.7 Å². The molecule has 1 saturated heterocycles. The highest BCUT2D eigenvalue weighted by atomic mass is 32.2. The van der Waals surface area contributed by atoms with Gasteiger partial charge in [-0.05, 0) is 49.6 Å². The second-order valence-corrected chi connectivity index (χ2v) is 9.74. The van der Waals surface area contributed by atoms with E-state index in [-0.39, 0.29) is 28.9 Å². The van der Waals surface area contributed by atoms with Gasteiger partial charge in [0.15, 0.2) is 0 Å². The third-order valence-electron chi connectivity index (χ3n) is 4.95. The summed E-state index contributed by atoms with van der Waals surface area (Å²) in [6.45, 7) is 8.42. The molecule has 1 N–H and O–H groups in total. The van der Waals surface area contributed by atoms with Crippen LogP contribution in [0.15, 0.2) is 53.4 Å². The zero-order valence-corrected chi connectivity index (χ0v) is 18.1. The number of nitrogens with zero attached hydrogens (tertiary/aromatic N) is 1. The van der Waals surface area contributed by atoms with Crippen LogP contribution in [-0.2, 0) is 14.8 Å². The predicted molar refractivity (Wildman–Crippen MR) is 114 cm³/mol. The Kier molecular flexibility index (Phi) is 6.41. The summed E-state index contributed by atoms with van der Waals surface area (Å²) >= 11 is 0. The molecule has 0 aliphatic carbocycles. The van der Waals surface area contributed by atoms with Crippen LogP contribution in [0.5, 0.6) is 0 Å². The van der Waals surface area contributed by atoms with Crippen LogP contribution in [0.4, 0.5) is 5.69 Å². The van der Waals surface area contributed by atoms with E-state index < -0.39 is 10.0 Å². The Morgan fingerprint density at radius 2 is 1.72 bits per heavy atom. The van der Waals surface area contributed by atoms with Gasteiger partial charge < -0.3 is 10.1 Å². The highest BCUT2D eigenvalue weighted by molar-refractivity contribution is 7.89. The molecular formula is C22H28N2O4S. The number of hydrogen-bond acceptors (Lipinski definition) is 4. The molecule has 2 aromatic rings. The van der Waals surface area contributed by atoms with Gasteiger partial charge in [-0.25, -0.2) is 8.42 Å². The summed E-state index contributed by atoms with van der Waals surface area (Å²) in [5, 5.41) is 2.91. The molecule has 0 aromatic heterocycles. The minimum Gasteiger partial charge on any atom is -0.373 e. The monoisotopic (exact) mass is 416 g/mol. The Labute approximate surface area is 172 Å². The third kappa shape index (κ3) is 4.86. The number of nitrogens with one attached hydrogen (secondary N) is 1. The average Bonchev–Trinajstić information content (AvgIpc) is 2.67. The van der Waals surface area contributed by atoms with Gasteiger partial charge in [0.05, 0.1) is 17.1 Å². The molecule has 1 heterocycles. The lowest BCUT2D eigenvalue weighted by atomic mass is 10.0. The van der Waals surface area contributed by atoms with E-state index in [0.717, 1.165) is 11.3 Å². The van der Waals surface area contributed by atoms with Gasteiger partial charge in [-0.3, -0.25) is 4.79 Å². The Morgan fingerprint density at radius 3 is 2.38 bits per heavy atom. The van der Waals surface area contributed by atoms with Crippen LogP contribution in [0.3, 0.4) is 0 Å². The van der Waals surface area contributed by atoms with Gasteiger partial charge in [-0.1, -0.05) is 38.1 Å². The molecule has 3 rings (SSSR count). The van der Waals surface area contributed by atoms with Crippen LogP contribution in [0.2, 0.25) is 0 Å². The van der Waals surface area contributed by atoms with E-state index in [9.17, 15) is 13.2 Å². The summed E-state index contributed by atoms with van der Waals surface area (Å²) < 4.78 is 33.3. The summed E-state index contributed by atoms with van der Waals surface area (Å²) in [6, 6.07) is 13.8. The first-order valence-electron chi connectivity index (χ1n) is 9.84. The summed E-state index contributed by atoms with van der Waals surface area (Å²) in [5.74, 6) is -0.0811. The zero-order valence-electron chi connectivity index (χ0n) is 17.3. The second kappa shape index (κ2) is 8.65. The molecule has 29 heavy (non-hydrogen) atoms. The number of carbonyl (C=O) groups is 1. The molecule has 0 radical (unpaired) electrons. The molecular weight excluding hydrogens is 388 g/mol. The Hall–Kier alpha value is -2.22. The largest absolute Gasteiger partial charge is 0.373 e. The molecule has 1 fully saturated rings. The highest BCUT2D eigenvalue weighted by Crippen LogP contribution is 2.25. The van der Waals surface area contributed by atoms with Crippen molar-refractivity contribution < 1.29 is 17.9 Å². The molecule has 2 atom stereocenters. The Balaban J connectivity index is 1.85. The Bertz CT molecular complexity index is 978. The van der Waals surface area contributed by atoms with E-state index in [1.807, 2.05) is 38.1 Å². The summed E-state index contributed by atoms with van der Waals surface area (Å²) in [4.78, 5) is 12.9. The van der Waals surface area contributed by atoms with Crippen molar-refractivity contribution in [1.82, 2.24) is 4.31 Å². The standard InChI is InChI=1S/C22H28N2O4S/c1-15(2)20-10-5-6-11-21(20)23-22(25)18-8-7-9-19(12-18)29(26,27)24-13-16(3)28-17(4)14-24/h5-12,15-17H,13-14H2,1-4H3,(H,23,25). The minimum atomic E-state index is -3.71. The van der Waals surface area contributed by atoms with Crippen molar-refractivity contribution in [3.63, 3.8) is 0 Å². The zero-order chi connectivity index (χ0) is 21.2. The quantitative estimate of drug-likeness (QED) is 0.803. The van der Waals surface area contributed by atoms with Gasteiger partial charge >= 0.3 is 0 Å². The molecule has 0 saturated carbocycles. The number of rotatable bonds is 5. The van der Waals surface area contributed by atoms with Gasteiger partial charge in [-0.2, -0.15) is 4.31 Å². The molecule has 6 nitrogen and oxygen atoms in total. The third-order valence-corrected chi connectivity index (χ3v) is 6.78. The number of hydrogen-bond donors (Lipinski definition) is 1. The van der Waals surface area contributed by atoms with E-state index in [1.165, 1.54) is 16.4 Å². The van der Waals surface area contributed by atoms with Gasteiger partial charge in [0.1, 0.15) is 0 Å². The number of benzene rings is 2. The number of morpholine rings is 1. The normalized spacial score (nSPS) is 20.6. The molecule has 2 aromatic carbocycles. The van der Waals surface area contributed by atoms with Crippen LogP contribution in [0, 0.1) is 0 Å². The molecule has 7 heteroatoms. The number of sulfonamides is 1. The van der Waals surface area contributed by atoms with Crippen molar-refractivity contribution in [1.29, 1.82) is 0 Å². The van der Waals surface area contributed by atoms with Crippen LogP contribution >= 0.6 is 0 Å². The van der Waals surface area contributed by atoms with Crippen molar-refractivity contribution >= 4 is 21.6 Å². The van der Waals surface area contributed by atoms with Gasteiger partial charge in [-0.15, -0.1) is 0 Å². The predicted octanol–water partition coefficient (Wildman–Crippen LogP) is 3.86. The van der Waals surface area contributed by atoms with Gasteiger partial charge in [0.25, 0.3) is 5.91 Å². The van der Waals surface area contributed by atoms with Gasteiger partial charge in [0.2, 0.25) is 10.0 Å². The summed E-state index contributed by atoms with van der Waals surface area (Å²) in [6.07, 6.45) is -0.347. The average molecular weight is 417 g/mol. The fourth-order valence-electron chi connectivity index (χ4n) is 3.58. The van der Waals surface area contributed by atoms with Crippen molar-refractivity contribution in [3.8, 4) is 0 Å². The first kappa shape index (κ1) is 21.5. The SMILES string of the molecule is CC1CN(S(=O)(=O)c2cccc(C(=O)Nc3ccccc3C(C)C)c2)CC(C)O1. The summed E-state index contributed by atoms with van der Waals surface area (Å²) in [5.41, 5.74) is 2.07. The van der Waals surface area contributed by atoms with Crippen LogP contribution in [0.1, 0.15) is 49.5 Å². The molecule has 1 aliphatic heterocycles. The van der Waals surface area contributed by atoms with Crippen LogP contribution in [0.25, 0.3) is 0 Å². The molecule has 2 unspecified atom stereocenters. The van der Waals surface area contributed by atoms with E-state index in [4.69, 9.17) is 4.74 Å².